The Morgan fingerprint density at radius 1 is 1.17 bits per heavy atom. The van der Waals surface area contributed by atoms with E-state index in [1.165, 1.54) is 16.9 Å². The molecule has 0 bridgehead atoms. The molecule has 156 valence electrons. The molecule has 10 heteroatoms. The first-order chi connectivity index (χ1) is 13.6. The number of aliphatic hydroxyl groups is 1. The first kappa shape index (κ1) is 21.0. The molecule has 1 aromatic carbocycles. The monoisotopic (exact) mass is 411 g/mol. The Morgan fingerprint density at radius 2 is 1.86 bits per heavy atom. The molecule has 0 spiro atoms. The summed E-state index contributed by atoms with van der Waals surface area (Å²) in [5, 5.41) is 18.3. The van der Waals surface area contributed by atoms with E-state index >= 15 is 0 Å². The predicted molar refractivity (Wildman–Crippen MR) is 98.8 cm³/mol. The molecule has 2 heterocycles. The summed E-state index contributed by atoms with van der Waals surface area (Å²) < 4.78 is 54.5. The van der Waals surface area contributed by atoms with Gasteiger partial charge in [-0.15, -0.1) is 0 Å². The Balaban J connectivity index is 2.11. The lowest BCUT2D eigenvalue weighted by molar-refractivity contribution is -0.140. The number of nitrogens with one attached hydrogen (secondary N) is 1. The molecule has 0 aliphatic carbocycles. The van der Waals surface area contributed by atoms with Gasteiger partial charge in [-0.1, -0.05) is 19.9 Å². The molecular formula is C19H21F4N5O. The third-order valence-electron chi connectivity index (χ3n) is 5.07. The zero-order chi connectivity index (χ0) is 21.4. The smallest absolute Gasteiger partial charge is 0.387 e. The Morgan fingerprint density at radius 3 is 2.45 bits per heavy atom. The highest BCUT2D eigenvalue weighted by Gasteiger charge is 2.38. The van der Waals surface area contributed by atoms with Gasteiger partial charge in [0.25, 0.3) is 5.78 Å². The second-order valence-electron chi connectivity index (χ2n) is 6.88. The van der Waals surface area contributed by atoms with Crippen molar-refractivity contribution in [3.05, 3.63) is 53.2 Å². The lowest BCUT2D eigenvalue weighted by Crippen LogP contribution is -2.40. The van der Waals surface area contributed by atoms with Gasteiger partial charge in [-0.25, -0.2) is 9.37 Å². The lowest BCUT2D eigenvalue weighted by Gasteiger charge is -2.36. The van der Waals surface area contributed by atoms with Crippen LogP contribution in [0.2, 0.25) is 0 Å². The van der Waals surface area contributed by atoms with Gasteiger partial charge in [0.1, 0.15) is 18.0 Å². The van der Waals surface area contributed by atoms with E-state index in [4.69, 9.17) is 0 Å². The SMILES string of the molecule is CCC(O)(CC)[C@@H](Nc1cc(C)nc2ncnn12)c1ccc(C(F)(F)F)c(F)c1. The number of halogens is 4. The minimum atomic E-state index is -4.80. The van der Waals surface area contributed by atoms with Crippen molar-refractivity contribution in [3.8, 4) is 0 Å². The van der Waals surface area contributed by atoms with E-state index in [1.54, 1.807) is 26.8 Å². The largest absolute Gasteiger partial charge is 0.419 e. The van der Waals surface area contributed by atoms with Crippen molar-refractivity contribution in [1.29, 1.82) is 0 Å². The highest BCUT2D eigenvalue weighted by atomic mass is 19.4. The third kappa shape index (κ3) is 4.02. The first-order valence-corrected chi connectivity index (χ1v) is 9.12. The van der Waals surface area contributed by atoms with Crippen LogP contribution in [-0.2, 0) is 6.18 Å². The third-order valence-corrected chi connectivity index (χ3v) is 5.07. The number of aromatic nitrogens is 4. The molecule has 0 aliphatic heterocycles. The van der Waals surface area contributed by atoms with Gasteiger partial charge in [-0.3, -0.25) is 0 Å². The van der Waals surface area contributed by atoms with E-state index in [2.05, 4.69) is 20.4 Å². The molecule has 2 N–H and O–H groups in total. The van der Waals surface area contributed by atoms with Crippen molar-refractivity contribution in [3.63, 3.8) is 0 Å². The predicted octanol–water partition coefficient (Wildman–Crippen LogP) is 4.29. The number of rotatable bonds is 6. The number of anilines is 1. The van der Waals surface area contributed by atoms with Gasteiger partial charge in [-0.2, -0.15) is 27.8 Å². The molecule has 0 radical (unpaired) electrons. The molecule has 3 aromatic rings. The number of hydrogen-bond donors (Lipinski definition) is 2. The van der Waals surface area contributed by atoms with Crippen molar-refractivity contribution in [1.82, 2.24) is 19.6 Å². The summed E-state index contributed by atoms with van der Waals surface area (Å²) in [7, 11) is 0. The second-order valence-corrected chi connectivity index (χ2v) is 6.88. The van der Waals surface area contributed by atoms with Gasteiger partial charge in [0.2, 0.25) is 0 Å². The standard InChI is InChI=1S/C19H21F4N5O/c1-4-18(29,5-2)16(12-6-7-13(14(20)9-12)19(21,22)23)27-15-8-11(3)26-17-24-10-25-28(15)17/h6-10,16,27,29H,4-5H2,1-3H3/t16-/m0/s1. The van der Waals surface area contributed by atoms with Crippen LogP contribution in [0.1, 0.15) is 49.6 Å². The summed E-state index contributed by atoms with van der Waals surface area (Å²) >= 11 is 0. The Labute approximate surface area is 164 Å². The van der Waals surface area contributed by atoms with Crippen LogP contribution in [0, 0.1) is 12.7 Å². The summed E-state index contributed by atoms with van der Waals surface area (Å²) in [6.07, 6.45) is -2.92. The topological polar surface area (TPSA) is 75.3 Å². The fourth-order valence-corrected chi connectivity index (χ4v) is 3.31. The zero-order valence-electron chi connectivity index (χ0n) is 16.1. The molecule has 3 rings (SSSR count). The van der Waals surface area contributed by atoms with Crippen LogP contribution < -0.4 is 5.32 Å². The van der Waals surface area contributed by atoms with Crippen LogP contribution in [0.15, 0.2) is 30.6 Å². The van der Waals surface area contributed by atoms with Gasteiger partial charge >= 0.3 is 6.18 Å². The summed E-state index contributed by atoms with van der Waals surface area (Å²) in [6, 6.07) is 3.44. The van der Waals surface area contributed by atoms with Crippen molar-refractivity contribution in [2.45, 2.75) is 51.4 Å². The lowest BCUT2D eigenvalue weighted by atomic mass is 9.83. The number of fused-ring (bicyclic) bond motifs is 1. The maximum atomic E-state index is 14.2. The normalized spacial score (nSPS) is 13.7. The van der Waals surface area contributed by atoms with Crippen LogP contribution in [0.3, 0.4) is 0 Å². The van der Waals surface area contributed by atoms with Crippen LogP contribution in [0.5, 0.6) is 0 Å². The van der Waals surface area contributed by atoms with Gasteiger partial charge < -0.3 is 10.4 Å². The van der Waals surface area contributed by atoms with E-state index in [1.807, 2.05) is 0 Å². The van der Waals surface area contributed by atoms with Gasteiger partial charge in [0, 0.05) is 11.8 Å². The number of nitrogens with zero attached hydrogens (tertiary/aromatic N) is 4. The zero-order valence-corrected chi connectivity index (χ0v) is 16.1. The Kier molecular flexibility index (Phi) is 5.48. The average molecular weight is 411 g/mol. The highest BCUT2D eigenvalue weighted by Crippen LogP contribution is 2.38. The molecule has 2 aromatic heterocycles. The molecule has 29 heavy (non-hydrogen) atoms. The number of alkyl halides is 3. The number of benzene rings is 1. The Bertz CT molecular complexity index is 1010. The van der Waals surface area contributed by atoms with Crippen LogP contribution in [-0.4, -0.2) is 30.3 Å². The highest BCUT2D eigenvalue weighted by molar-refractivity contribution is 5.48. The van der Waals surface area contributed by atoms with E-state index < -0.39 is 29.2 Å². The molecule has 0 saturated carbocycles. The quantitative estimate of drug-likeness (QED) is 0.592. The average Bonchev–Trinajstić information content (AvgIpc) is 3.12. The number of hydrogen-bond acceptors (Lipinski definition) is 5. The second kappa shape index (κ2) is 7.58. The minimum absolute atomic E-state index is 0.185. The van der Waals surface area contributed by atoms with Gasteiger partial charge in [-0.05, 0) is 37.5 Å². The molecule has 0 saturated heterocycles. The van der Waals surface area contributed by atoms with Crippen molar-refractivity contribution in [2.75, 3.05) is 5.32 Å². The van der Waals surface area contributed by atoms with Crippen molar-refractivity contribution < 1.29 is 22.7 Å². The molecule has 0 amide bonds. The maximum absolute atomic E-state index is 14.2. The van der Waals surface area contributed by atoms with Crippen LogP contribution in [0.4, 0.5) is 23.4 Å². The van der Waals surface area contributed by atoms with Gasteiger partial charge in [0.15, 0.2) is 0 Å². The molecule has 0 aliphatic rings. The molecule has 0 fully saturated rings. The fourth-order valence-electron chi connectivity index (χ4n) is 3.31. The van der Waals surface area contributed by atoms with Crippen molar-refractivity contribution in [2.24, 2.45) is 0 Å². The summed E-state index contributed by atoms with van der Waals surface area (Å²) in [4.78, 5) is 8.26. The summed E-state index contributed by atoms with van der Waals surface area (Å²) in [5.41, 5.74) is -1.89. The maximum Gasteiger partial charge on any atom is 0.419 e. The summed E-state index contributed by atoms with van der Waals surface area (Å²) in [5.74, 6) is -0.648. The molecule has 1 atom stereocenters. The van der Waals surface area contributed by atoms with E-state index in [0.29, 0.717) is 23.4 Å². The molecule has 0 unspecified atom stereocenters. The number of aryl methyl sites for hydroxylation is 1. The van der Waals surface area contributed by atoms with Gasteiger partial charge in [0.05, 0.1) is 17.2 Å². The first-order valence-electron chi connectivity index (χ1n) is 9.12. The minimum Gasteiger partial charge on any atom is -0.387 e. The molecule has 6 nitrogen and oxygen atoms in total. The summed E-state index contributed by atoms with van der Waals surface area (Å²) in [6.45, 7) is 5.25. The van der Waals surface area contributed by atoms with Crippen LogP contribution >= 0.6 is 0 Å². The van der Waals surface area contributed by atoms with Crippen LogP contribution in [0.25, 0.3) is 5.78 Å². The Hall–Kier alpha value is -2.75. The van der Waals surface area contributed by atoms with E-state index in [0.717, 1.165) is 6.07 Å². The molecular weight excluding hydrogens is 390 g/mol. The van der Waals surface area contributed by atoms with E-state index in [9.17, 15) is 22.7 Å². The fraction of sp³-hybridized carbons (Fsp3) is 0.421. The van der Waals surface area contributed by atoms with Crippen molar-refractivity contribution >= 4 is 11.6 Å². The van der Waals surface area contributed by atoms with E-state index in [-0.39, 0.29) is 18.4 Å².